The van der Waals surface area contributed by atoms with Crippen LogP contribution >= 0.6 is 0 Å². The molecule has 1 fully saturated rings. The molecule has 6 rings (SSSR count). The minimum Gasteiger partial charge on any atom is -0.493 e. The van der Waals surface area contributed by atoms with Gasteiger partial charge in [0.25, 0.3) is 5.89 Å². The highest BCUT2D eigenvalue weighted by Crippen LogP contribution is 2.40. The number of methoxy groups -OCH3 is 2. The maximum atomic E-state index is 5.90. The number of aryl methyl sites for hydroxylation is 1. The van der Waals surface area contributed by atoms with Crippen molar-refractivity contribution in [3.63, 3.8) is 0 Å². The molecule has 2 aromatic heterocycles. The van der Waals surface area contributed by atoms with Crippen LogP contribution in [0.1, 0.15) is 62.2 Å². The van der Waals surface area contributed by atoms with Gasteiger partial charge in [0.2, 0.25) is 11.4 Å². The first-order chi connectivity index (χ1) is 17.5. The molecular formula is C27H29N5O4. The molecule has 1 saturated carbocycles. The molecule has 0 spiro atoms. The van der Waals surface area contributed by atoms with Crippen LogP contribution < -0.4 is 9.47 Å². The number of oxime groups is 1. The monoisotopic (exact) mass is 487 g/mol. The van der Waals surface area contributed by atoms with Gasteiger partial charge in [-0.05, 0) is 44.9 Å². The van der Waals surface area contributed by atoms with Gasteiger partial charge in [0.15, 0.2) is 11.5 Å². The summed E-state index contributed by atoms with van der Waals surface area (Å²) in [4.78, 5) is 10.5. The zero-order valence-corrected chi connectivity index (χ0v) is 20.9. The molecule has 9 nitrogen and oxygen atoms in total. The highest BCUT2D eigenvalue weighted by Gasteiger charge is 2.42. The largest absolute Gasteiger partial charge is 0.493 e. The molecule has 4 aromatic rings. The normalized spacial score (nSPS) is 20.1. The quantitative estimate of drug-likeness (QED) is 0.351. The summed E-state index contributed by atoms with van der Waals surface area (Å²) in [6.45, 7) is 3.99. The number of nitrogens with zero attached hydrogens (tertiary/aromatic N) is 5. The standard InChI is InChI=1S/C27H29N5O4/c1-16-19-13-12-17(14-22(19)32(29-16)18-8-5-6-9-18)21-15-27(2,36-30-21)26-28-25(31-35-26)20-10-7-11-23(33-3)24(20)34-4/h7,10-14,18H,5-6,8-9,15H2,1-4H3. The number of aromatic nitrogens is 4. The Kier molecular flexibility index (Phi) is 5.43. The molecule has 0 saturated heterocycles. The Balaban J connectivity index is 1.28. The Morgan fingerprint density at radius 2 is 1.92 bits per heavy atom. The smallest absolute Gasteiger partial charge is 0.274 e. The SMILES string of the molecule is COc1cccc(-c2noc(C3(C)CC(c4ccc5c(C)nn(C6CCCC6)c5c4)=NO3)n2)c1OC. The van der Waals surface area contributed by atoms with Crippen LogP contribution in [0, 0.1) is 6.92 Å². The Morgan fingerprint density at radius 1 is 1.08 bits per heavy atom. The number of benzene rings is 2. The van der Waals surface area contributed by atoms with Gasteiger partial charge in [-0.15, -0.1) is 0 Å². The van der Waals surface area contributed by atoms with E-state index in [9.17, 15) is 0 Å². The van der Waals surface area contributed by atoms with E-state index >= 15 is 0 Å². The summed E-state index contributed by atoms with van der Waals surface area (Å²) in [6, 6.07) is 12.4. The van der Waals surface area contributed by atoms with Crippen LogP contribution in [-0.4, -0.2) is 39.9 Å². The molecule has 0 bridgehead atoms. The lowest BCUT2D eigenvalue weighted by Crippen LogP contribution is -2.22. The van der Waals surface area contributed by atoms with Crippen LogP contribution in [0.15, 0.2) is 46.1 Å². The van der Waals surface area contributed by atoms with Crippen molar-refractivity contribution >= 4 is 16.6 Å². The summed E-state index contributed by atoms with van der Waals surface area (Å²) in [5.41, 5.74) is 3.87. The van der Waals surface area contributed by atoms with E-state index < -0.39 is 5.60 Å². The first-order valence-electron chi connectivity index (χ1n) is 12.3. The van der Waals surface area contributed by atoms with E-state index in [2.05, 4.69) is 45.1 Å². The number of rotatable bonds is 6. The van der Waals surface area contributed by atoms with E-state index in [1.165, 1.54) is 31.1 Å². The van der Waals surface area contributed by atoms with Gasteiger partial charge in [0, 0.05) is 17.4 Å². The summed E-state index contributed by atoms with van der Waals surface area (Å²) in [5.74, 6) is 1.90. The van der Waals surface area contributed by atoms with Gasteiger partial charge in [-0.1, -0.05) is 41.4 Å². The zero-order chi connectivity index (χ0) is 24.9. The van der Waals surface area contributed by atoms with Crippen molar-refractivity contribution in [3.8, 4) is 22.9 Å². The van der Waals surface area contributed by atoms with Gasteiger partial charge >= 0.3 is 0 Å². The minimum absolute atomic E-state index is 0.356. The zero-order valence-electron chi connectivity index (χ0n) is 20.9. The van der Waals surface area contributed by atoms with Crippen molar-refractivity contribution in [1.29, 1.82) is 0 Å². The second kappa shape index (κ2) is 8.65. The lowest BCUT2D eigenvalue weighted by molar-refractivity contribution is -0.0313. The lowest BCUT2D eigenvalue weighted by Gasteiger charge is -2.16. The van der Waals surface area contributed by atoms with E-state index in [0.29, 0.717) is 41.2 Å². The molecule has 0 radical (unpaired) electrons. The highest BCUT2D eigenvalue weighted by atomic mass is 16.7. The van der Waals surface area contributed by atoms with Crippen molar-refractivity contribution in [3.05, 3.63) is 53.5 Å². The number of ether oxygens (including phenoxy) is 2. The predicted octanol–water partition coefficient (Wildman–Crippen LogP) is 5.57. The summed E-state index contributed by atoms with van der Waals surface area (Å²) in [6.07, 6.45) is 5.39. The van der Waals surface area contributed by atoms with Crippen molar-refractivity contribution in [2.24, 2.45) is 5.16 Å². The van der Waals surface area contributed by atoms with Crippen LogP contribution in [0.2, 0.25) is 0 Å². The van der Waals surface area contributed by atoms with Gasteiger partial charge in [-0.2, -0.15) is 10.1 Å². The maximum absolute atomic E-state index is 5.90. The van der Waals surface area contributed by atoms with Crippen molar-refractivity contribution in [2.75, 3.05) is 14.2 Å². The summed E-state index contributed by atoms with van der Waals surface area (Å²) in [7, 11) is 3.18. The van der Waals surface area contributed by atoms with E-state index in [0.717, 1.165) is 22.5 Å². The third-order valence-corrected chi connectivity index (χ3v) is 7.28. The molecule has 1 unspecified atom stereocenters. The highest BCUT2D eigenvalue weighted by molar-refractivity contribution is 6.04. The maximum Gasteiger partial charge on any atom is 0.274 e. The second-order valence-electron chi connectivity index (χ2n) is 9.70. The van der Waals surface area contributed by atoms with E-state index in [1.54, 1.807) is 14.2 Å². The first-order valence-corrected chi connectivity index (χ1v) is 12.3. The number of para-hydroxylation sites is 1. The molecule has 9 heteroatoms. The van der Waals surface area contributed by atoms with Gasteiger partial charge < -0.3 is 18.8 Å². The fraction of sp³-hybridized carbons (Fsp3) is 0.407. The average Bonchev–Trinajstić information content (AvgIpc) is 3.70. The molecule has 2 aromatic carbocycles. The second-order valence-corrected chi connectivity index (χ2v) is 9.70. The Bertz CT molecular complexity index is 1470. The molecule has 1 aliphatic carbocycles. The molecule has 186 valence electrons. The van der Waals surface area contributed by atoms with Crippen molar-refractivity contribution < 1.29 is 18.8 Å². The average molecular weight is 488 g/mol. The van der Waals surface area contributed by atoms with Crippen LogP contribution in [0.25, 0.3) is 22.3 Å². The third-order valence-electron chi connectivity index (χ3n) is 7.28. The van der Waals surface area contributed by atoms with Gasteiger partial charge in [-0.25, -0.2) is 0 Å². The molecule has 1 atom stereocenters. The van der Waals surface area contributed by atoms with E-state index in [4.69, 9.17) is 23.9 Å². The molecule has 3 heterocycles. The summed E-state index contributed by atoms with van der Waals surface area (Å²) >= 11 is 0. The molecule has 2 aliphatic rings. The molecule has 36 heavy (non-hydrogen) atoms. The van der Waals surface area contributed by atoms with E-state index in [1.807, 2.05) is 25.1 Å². The minimum atomic E-state index is -0.872. The van der Waals surface area contributed by atoms with Crippen LogP contribution in [-0.2, 0) is 10.4 Å². The number of hydrogen-bond donors (Lipinski definition) is 0. The van der Waals surface area contributed by atoms with Gasteiger partial charge in [-0.3, -0.25) is 4.68 Å². The van der Waals surface area contributed by atoms with E-state index in [-0.39, 0.29) is 0 Å². The Hall–Kier alpha value is -3.88. The molecule has 1 aliphatic heterocycles. The molecule has 0 N–H and O–H groups in total. The predicted molar refractivity (Wildman–Crippen MR) is 134 cm³/mol. The topological polar surface area (TPSA) is 96.8 Å². The Morgan fingerprint density at radius 3 is 2.69 bits per heavy atom. The number of fused-ring (bicyclic) bond motifs is 1. The Labute approximate surface area is 209 Å². The summed E-state index contributed by atoms with van der Waals surface area (Å²) < 4.78 is 18.8. The van der Waals surface area contributed by atoms with Crippen molar-refractivity contribution in [2.45, 2.75) is 57.6 Å². The van der Waals surface area contributed by atoms with Gasteiger partial charge in [0.1, 0.15) is 0 Å². The van der Waals surface area contributed by atoms with Crippen LogP contribution in [0.3, 0.4) is 0 Å². The molecular weight excluding hydrogens is 458 g/mol. The molecule has 0 amide bonds. The lowest BCUT2D eigenvalue weighted by atomic mass is 9.95. The third kappa shape index (κ3) is 3.61. The fourth-order valence-electron chi connectivity index (χ4n) is 5.32. The summed E-state index contributed by atoms with van der Waals surface area (Å²) in [5, 5.41) is 14.7. The van der Waals surface area contributed by atoms with Crippen LogP contribution in [0.5, 0.6) is 11.5 Å². The van der Waals surface area contributed by atoms with Crippen molar-refractivity contribution in [1.82, 2.24) is 19.9 Å². The van der Waals surface area contributed by atoms with Gasteiger partial charge in [0.05, 0.1) is 42.7 Å². The number of hydrogen-bond acceptors (Lipinski definition) is 8. The first kappa shape index (κ1) is 22.6. The fourth-order valence-corrected chi connectivity index (χ4v) is 5.32. The van der Waals surface area contributed by atoms with Crippen LogP contribution in [0.4, 0.5) is 0 Å².